The van der Waals surface area contributed by atoms with Crippen molar-refractivity contribution >= 4 is 15.7 Å². The summed E-state index contributed by atoms with van der Waals surface area (Å²) in [6.07, 6.45) is -3.91. The third-order valence-corrected chi connectivity index (χ3v) is 5.85. The fraction of sp³-hybridized carbons (Fsp3) is 0.375. The van der Waals surface area contributed by atoms with E-state index in [9.17, 15) is 26.4 Å². The molecule has 0 saturated carbocycles. The van der Waals surface area contributed by atoms with E-state index in [0.717, 1.165) is 11.1 Å². The Labute approximate surface area is 148 Å². The van der Waals surface area contributed by atoms with Crippen molar-refractivity contribution in [2.45, 2.75) is 13.1 Å². The van der Waals surface area contributed by atoms with Crippen molar-refractivity contribution in [3.8, 4) is 5.69 Å². The monoisotopic (exact) mass is 387 g/mol. The van der Waals surface area contributed by atoms with Crippen LogP contribution in [0.15, 0.2) is 30.5 Å². The lowest BCUT2D eigenvalue weighted by atomic mass is 10.1. The number of alkyl halides is 3. The van der Waals surface area contributed by atoms with Gasteiger partial charge in [0.25, 0.3) is 5.91 Å². The SMILES string of the molecule is Cc1ccccc1-n1ncc(C(=O)N2CCS(=O)(=O)CC2)c1C(F)(F)F. The number of carbonyl (C=O) groups excluding carboxylic acids is 1. The van der Waals surface area contributed by atoms with Crippen molar-refractivity contribution in [3.05, 3.63) is 47.3 Å². The molecule has 6 nitrogen and oxygen atoms in total. The summed E-state index contributed by atoms with van der Waals surface area (Å²) in [5.41, 5.74) is -0.949. The van der Waals surface area contributed by atoms with Crippen LogP contribution in [0, 0.1) is 6.92 Å². The summed E-state index contributed by atoms with van der Waals surface area (Å²) in [6.45, 7) is 1.39. The first-order chi connectivity index (χ1) is 12.1. The summed E-state index contributed by atoms with van der Waals surface area (Å²) in [7, 11) is -3.25. The van der Waals surface area contributed by atoms with Gasteiger partial charge in [0.15, 0.2) is 15.5 Å². The Morgan fingerprint density at radius 3 is 2.35 bits per heavy atom. The average molecular weight is 387 g/mol. The number of amides is 1. The smallest absolute Gasteiger partial charge is 0.336 e. The highest BCUT2D eigenvalue weighted by molar-refractivity contribution is 7.91. The molecule has 1 saturated heterocycles. The Morgan fingerprint density at radius 1 is 1.15 bits per heavy atom. The molecule has 26 heavy (non-hydrogen) atoms. The number of benzene rings is 1. The van der Waals surface area contributed by atoms with Gasteiger partial charge in [0.2, 0.25) is 0 Å². The normalized spacial score (nSPS) is 17.3. The number of hydrogen-bond acceptors (Lipinski definition) is 4. The summed E-state index contributed by atoms with van der Waals surface area (Å²) in [4.78, 5) is 13.7. The van der Waals surface area contributed by atoms with Crippen LogP contribution in [-0.4, -0.2) is 53.6 Å². The van der Waals surface area contributed by atoms with Gasteiger partial charge in [0.05, 0.1) is 29.0 Å². The average Bonchev–Trinajstić information content (AvgIpc) is 2.99. The molecule has 0 aliphatic carbocycles. The molecular weight excluding hydrogens is 371 g/mol. The zero-order valence-corrected chi connectivity index (χ0v) is 14.6. The highest BCUT2D eigenvalue weighted by Gasteiger charge is 2.42. The molecule has 0 spiro atoms. The molecule has 0 radical (unpaired) electrons. The zero-order valence-electron chi connectivity index (χ0n) is 13.8. The number of para-hydroxylation sites is 1. The van der Waals surface area contributed by atoms with E-state index in [1.54, 1.807) is 25.1 Å². The van der Waals surface area contributed by atoms with E-state index >= 15 is 0 Å². The second-order valence-electron chi connectivity index (χ2n) is 6.05. The van der Waals surface area contributed by atoms with Crippen molar-refractivity contribution in [1.29, 1.82) is 0 Å². The first-order valence-electron chi connectivity index (χ1n) is 7.81. The maximum atomic E-state index is 13.7. The van der Waals surface area contributed by atoms with E-state index in [0.29, 0.717) is 10.2 Å². The molecule has 1 aromatic heterocycles. The Morgan fingerprint density at radius 2 is 1.77 bits per heavy atom. The van der Waals surface area contributed by atoms with Crippen molar-refractivity contribution in [3.63, 3.8) is 0 Å². The maximum absolute atomic E-state index is 13.7. The molecule has 0 bridgehead atoms. The van der Waals surface area contributed by atoms with Crippen LogP contribution in [0.1, 0.15) is 21.6 Å². The molecule has 1 amide bonds. The first kappa shape index (κ1) is 18.4. The number of rotatable bonds is 2. The Bertz CT molecular complexity index is 937. The van der Waals surface area contributed by atoms with Crippen LogP contribution in [0.4, 0.5) is 13.2 Å². The van der Waals surface area contributed by atoms with E-state index in [2.05, 4.69) is 5.10 Å². The number of aromatic nitrogens is 2. The maximum Gasteiger partial charge on any atom is 0.434 e. The summed E-state index contributed by atoms with van der Waals surface area (Å²) < 4.78 is 64.7. The fourth-order valence-corrected chi connectivity index (χ4v) is 4.05. The van der Waals surface area contributed by atoms with E-state index in [1.807, 2.05) is 0 Å². The molecule has 10 heteroatoms. The molecule has 140 valence electrons. The second kappa shape index (κ2) is 6.42. The minimum atomic E-state index is -4.80. The number of sulfone groups is 1. The summed E-state index contributed by atoms with van der Waals surface area (Å²) in [6, 6.07) is 6.41. The van der Waals surface area contributed by atoms with Gasteiger partial charge in [-0.15, -0.1) is 0 Å². The van der Waals surface area contributed by atoms with E-state index in [-0.39, 0.29) is 30.3 Å². The van der Waals surface area contributed by atoms with Gasteiger partial charge in [0.1, 0.15) is 0 Å². The lowest BCUT2D eigenvalue weighted by Gasteiger charge is -2.27. The Hall–Kier alpha value is -2.36. The van der Waals surface area contributed by atoms with Gasteiger partial charge in [-0.05, 0) is 18.6 Å². The van der Waals surface area contributed by atoms with Crippen LogP contribution in [-0.2, 0) is 16.0 Å². The predicted octanol–water partition coefficient (Wildman–Crippen LogP) is 2.07. The van der Waals surface area contributed by atoms with Crippen molar-refractivity contribution in [2.24, 2.45) is 0 Å². The summed E-state index contributed by atoms with van der Waals surface area (Å²) in [5, 5.41) is 3.79. The number of hydrogen-bond donors (Lipinski definition) is 0. The largest absolute Gasteiger partial charge is 0.434 e. The molecule has 1 aromatic carbocycles. The van der Waals surface area contributed by atoms with Gasteiger partial charge in [-0.3, -0.25) is 4.79 Å². The number of aryl methyl sites for hydroxylation is 1. The molecule has 0 atom stereocenters. The molecule has 1 fully saturated rings. The van der Waals surface area contributed by atoms with Crippen LogP contribution in [0.2, 0.25) is 0 Å². The van der Waals surface area contributed by atoms with Crippen molar-refractivity contribution in [2.75, 3.05) is 24.6 Å². The number of carbonyl (C=O) groups is 1. The highest BCUT2D eigenvalue weighted by Crippen LogP contribution is 2.34. The summed E-state index contributed by atoms with van der Waals surface area (Å²) >= 11 is 0. The molecule has 3 rings (SSSR count). The second-order valence-corrected chi connectivity index (χ2v) is 8.35. The standard InChI is InChI=1S/C16H16F3N3O3S/c1-11-4-2-3-5-13(11)22-14(16(17,18)19)12(10-20-22)15(23)21-6-8-26(24,25)9-7-21/h2-5,10H,6-9H2,1H3. The van der Waals surface area contributed by atoms with Crippen LogP contribution >= 0.6 is 0 Å². The molecule has 1 aliphatic heterocycles. The van der Waals surface area contributed by atoms with Crippen molar-refractivity contribution < 1.29 is 26.4 Å². The minimum absolute atomic E-state index is 0.131. The first-order valence-corrected chi connectivity index (χ1v) is 9.63. The predicted molar refractivity (Wildman–Crippen MR) is 87.9 cm³/mol. The highest BCUT2D eigenvalue weighted by atomic mass is 32.2. The molecule has 1 aliphatic rings. The van der Waals surface area contributed by atoms with Gasteiger partial charge < -0.3 is 4.90 Å². The van der Waals surface area contributed by atoms with Crippen LogP contribution < -0.4 is 0 Å². The fourth-order valence-electron chi connectivity index (χ4n) is 2.85. The van der Waals surface area contributed by atoms with Crippen LogP contribution in [0.3, 0.4) is 0 Å². The topological polar surface area (TPSA) is 72.3 Å². The summed E-state index contributed by atoms with van der Waals surface area (Å²) in [5.74, 6) is -1.38. The number of halogens is 3. The van der Waals surface area contributed by atoms with E-state index < -0.39 is 33.2 Å². The quantitative estimate of drug-likeness (QED) is 0.791. The van der Waals surface area contributed by atoms with Crippen LogP contribution in [0.5, 0.6) is 0 Å². The van der Waals surface area contributed by atoms with Gasteiger partial charge in [-0.1, -0.05) is 18.2 Å². The Balaban J connectivity index is 2.04. The van der Waals surface area contributed by atoms with Gasteiger partial charge in [0, 0.05) is 13.1 Å². The zero-order chi connectivity index (χ0) is 19.1. The lowest BCUT2D eigenvalue weighted by Crippen LogP contribution is -2.44. The Kier molecular flexibility index (Phi) is 4.55. The lowest BCUT2D eigenvalue weighted by molar-refractivity contribution is -0.143. The molecule has 2 aromatic rings. The molecular formula is C16H16F3N3O3S. The number of nitrogens with zero attached hydrogens (tertiary/aromatic N) is 3. The molecule has 0 unspecified atom stereocenters. The van der Waals surface area contributed by atoms with Gasteiger partial charge in [-0.25, -0.2) is 13.1 Å². The molecule has 0 N–H and O–H groups in total. The molecule has 2 heterocycles. The van der Waals surface area contributed by atoms with Gasteiger partial charge >= 0.3 is 6.18 Å². The van der Waals surface area contributed by atoms with E-state index in [4.69, 9.17) is 0 Å². The third-order valence-electron chi connectivity index (χ3n) is 4.24. The third kappa shape index (κ3) is 3.46. The minimum Gasteiger partial charge on any atom is -0.336 e. The van der Waals surface area contributed by atoms with Gasteiger partial charge in [-0.2, -0.15) is 18.3 Å². The van der Waals surface area contributed by atoms with E-state index in [1.165, 1.54) is 6.07 Å². The van der Waals surface area contributed by atoms with Crippen LogP contribution in [0.25, 0.3) is 5.69 Å². The van der Waals surface area contributed by atoms with Crippen molar-refractivity contribution in [1.82, 2.24) is 14.7 Å².